The first-order chi connectivity index (χ1) is 20.8. The molecule has 0 aliphatic carbocycles. The standard InChI is InChI=1S/C31H24Cl2N4O6/c1-43-29-19(16-36(12-13-38)31(41)42)8-9-25(35-29)24-7-3-6-23(28(24)33)22-5-2-4-21(27(22)32)18-10-11-37-26(14-18)34-15-20(17-39)30(37)40/h2-11,14-15,17,38H,12-13,16H2,1H3,(H,41,42). The molecule has 12 heteroatoms. The zero-order valence-corrected chi connectivity index (χ0v) is 24.2. The summed E-state index contributed by atoms with van der Waals surface area (Å²) in [5.74, 6) is 0.229. The fraction of sp³-hybridized carbons (Fsp3) is 0.129. The maximum Gasteiger partial charge on any atom is 0.407 e. The first-order valence-corrected chi connectivity index (χ1v) is 13.7. The van der Waals surface area contributed by atoms with Crippen LogP contribution in [0, 0.1) is 0 Å². The summed E-state index contributed by atoms with van der Waals surface area (Å²) in [6, 6.07) is 17.9. The number of fused-ring (bicyclic) bond motifs is 1. The smallest absolute Gasteiger partial charge is 0.407 e. The maximum absolute atomic E-state index is 12.5. The Labute approximate surface area is 255 Å². The molecule has 43 heavy (non-hydrogen) atoms. The Morgan fingerprint density at radius 3 is 2.35 bits per heavy atom. The molecule has 218 valence electrons. The van der Waals surface area contributed by atoms with Crippen molar-refractivity contribution in [1.82, 2.24) is 19.3 Å². The summed E-state index contributed by atoms with van der Waals surface area (Å²) in [7, 11) is 1.44. The van der Waals surface area contributed by atoms with E-state index in [4.69, 9.17) is 27.9 Å². The Hall–Kier alpha value is -4.77. The van der Waals surface area contributed by atoms with Gasteiger partial charge in [0.2, 0.25) is 5.88 Å². The van der Waals surface area contributed by atoms with Crippen LogP contribution in [0.4, 0.5) is 4.79 Å². The minimum Gasteiger partial charge on any atom is -0.481 e. The van der Waals surface area contributed by atoms with Crippen LogP contribution in [0.25, 0.3) is 39.2 Å². The summed E-state index contributed by atoms with van der Waals surface area (Å²) in [5.41, 5.74) is 4.22. The molecule has 0 saturated carbocycles. The average molecular weight is 619 g/mol. The molecule has 5 aromatic rings. The lowest BCUT2D eigenvalue weighted by atomic mass is 9.97. The number of methoxy groups -OCH3 is 1. The Bertz CT molecular complexity index is 1930. The summed E-state index contributed by atoms with van der Waals surface area (Å²) in [4.78, 5) is 45.0. The molecule has 0 atom stereocenters. The van der Waals surface area contributed by atoms with Crippen molar-refractivity contribution in [3.8, 4) is 39.4 Å². The number of aliphatic hydroxyl groups is 1. The number of hydrogen-bond acceptors (Lipinski definition) is 7. The summed E-state index contributed by atoms with van der Waals surface area (Å²) in [5, 5.41) is 19.4. The van der Waals surface area contributed by atoms with Crippen LogP contribution < -0.4 is 10.3 Å². The molecular weight excluding hydrogens is 595 g/mol. The van der Waals surface area contributed by atoms with Crippen LogP contribution in [0.3, 0.4) is 0 Å². The van der Waals surface area contributed by atoms with Gasteiger partial charge in [-0.05, 0) is 29.8 Å². The van der Waals surface area contributed by atoms with E-state index < -0.39 is 11.7 Å². The van der Waals surface area contributed by atoms with Crippen LogP contribution in [0.15, 0.2) is 77.9 Å². The van der Waals surface area contributed by atoms with Crippen molar-refractivity contribution >= 4 is 41.2 Å². The van der Waals surface area contributed by atoms with Gasteiger partial charge in [0.15, 0.2) is 6.29 Å². The normalized spacial score (nSPS) is 11.0. The highest BCUT2D eigenvalue weighted by atomic mass is 35.5. The number of aldehydes is 1. The van der Waals surface area contributed by atoms with Gasteiger partial charge in [-0.25, -0.2) is 14.8 Å². The van der Waals surface area contributed by atoms with E-state index in [9.17, 15) is 24.6 Å². The molecule has 5 rings (SSSR count). The van der Waals surface area contributed by atoms with E-state index in [-0.39, 0.29) is 31.1 Å². The molecule has 0 radical (unpaired) electrons. The molecule has 1 amide bonds. The highest BCUT2D eigenvalue weighted by molar-refractivity contribution is 6.39. The number of aromatic nitrogens is 3. The number of hydrogen-bond donors (Lipinski definition) is 2. The number of aliphatic hydroxyl groups excluding tert-OH is 1. The number of pyridine rings is 2. The van der Waals surface area contributed by atoms with Gasteiger partial charge in [-0.15, -0.1) is 0 Å². The summed E-state index contributed by atoms with van der Waals surface area (Å²) < 4.78 is 6.75. The van der Waals surface area contributed by atoms with Crippen LogP contribution in [0.1, 0.15) is 15.9 Å². The largest absolute Gasteiger partial charge is 0.481 e. The van der Waals surface area contributed by atoms with Crippen LogP contribution in [0.2, 0.25) is 10.0 Å². The van der Waals surface area contributed by atoms with E-state index in [1.807, 2.05) is 30.3 Å². The maximum atomic E-state index is 12.5. The molecular formula is C31H24Cl2N4O6. The second-order valence-corrected chi connectivity index (χ2v) is 10.2. The van der Waals surface area contributed by atoms with Crippen LogP contribution >= 0.6 is 23.2 Å². The van der Waals surface area contributed by atoms with Gasteiger partial charge in [-0.1, -0.05) is 59.6 Å². The quantitative estimate of drug-likeness (QED) is 0.201. The van der Waals surface area contributed by atoms with Crippen molar-refractivity contribution in [2.24, 2.45) is 0 Å². The third-order valence-corrected chi connectivity index (χ3v) is 7.69. The lowest BCUT2D eigenvalue weighted by molar-refractivity contribution is 0.112. The topological polar surface area (TPSA) is 134 Å². The van der Waals surface area contributed by atoms with E-state index in [1.165, 1.54) is 17.7 Å². The Morgan fingerprint density at radius 2 is 1.70 bits per heavy atom. The number of carbonyl (C=O) groups is 2. The third kappa shape index (κ3) is 5.80. The van der Waals surface area contributed by atoms with E-state index in [0.717, 1.165) is 4.90 Å². The average Bonchev–Trinajstić information content (AvgIpc) is 3.01. The minimum absolute atomic E-state index is 0.0142. The number of amides is 1. The molecule has 0 saturated heterocycles. The monoisotopic (exact) mass is 618 g/mol. The predicted octanol–water partition coefficient (Wildman–Crippen LogP) is 5.69. The molecule has 0 spiro atoms. The zero-order valence-electron chi connectivity index (χ0n) is 22.7. The van der Waals surface area contributed by atoms with Crippen LogP contribution in [-0.4, -0.2) is 62.1 Å². The van der Waals surface area contributed by atoms with E-state index in [0.29, 0.717) is 61.1 Å². The van der Waals surface area contributed by atoms with Crippen LogP contribution in [-0.2, 0) is 6.54 Å². The number of ether oxygens (including phenoxy) is 1. The number of halogens is 2. The van der Waals surface area contributed by atoms with Gasteiger partial charge >= 0.3 is 6.09 Å². The molecule has 0 aliphatic rings. The lowest BCUT2D eigenvalue weighted by Crippen LogP contribution is -2.31. The van der Waals surface area contributed by atoms with Gasteiger partial charge < -0.3 is 19.8 Å². The number of rotatable bonds is 9. The molecule has 0 unspecified atom stereocenters. The minimum atomic E-state index is -1.17. The fourth-order valence-electron chi connectivity index (χ4n) is 4.72. The highest BCUT2D eigenvalue weighted by Crippen LogP contribution is 2.42. The van der Waals surface area contributed by atoms with Crippen LogP contribution in [0.5, 0.6) is 5.88 Å². The van der Waals surface area contributed by atoms with Crippen molar-refractivity contribution in [3.63, 3.8) is 0 Å². The number of carbonyl (C=O) groups excluding carboxylic acids is 1. The molecule has 0 bridgehead atoms. The second-order valence-electron chi connectivity index (χ2n) is 9.41. The van der Waals surface area contributed by atoms with Crippen molar-refractivity contribution in [2.45, 2.75) is 6.54 Å². The molecule has 0 fully saturated rings. The van der Waals surface area contributed by atoms with Gasteiger partial charge in [-0.2, -0.15) is 0 Å². The summed E-state index contributed by atoms with van der Waals surface area (Å²) in [6.07, 6.45) is 2.09. The predicted molar refractivity (Wildman–Crippen MR) is 163 cm³/mol. The summed E-state index contributed by atoms with van der Waals surface area (Å²) >= 11 is 13.9. The summed E-state index contributed by atoms with van der Waals surface area (Å²) in [6.45, 7) is -0.380. The van der Waals surface area contributed by atoms with Gasteiger partial charge in [0, 0.05) is 46.8 Å². The van der Waals surface area contributed by atoms with Gasteiger partial charge in [0.1, 0.15) is 5.65 Å². The molecule has 2 N–H and O–H groups in total. The van der Waals surface area contributed by atoms with E-state index >= 15 is 0 Å². The molecule has 3 heterocycles. The first-order valence-electron chi connectivity index (χ1n) is 12.9. The van der Waals surface area contributed by atoms with Gasteiger partial charge in [-0.3, -0.25) is 14.0 Å². The first kappa shape index (κ1) is 29.7. The van der Waals surface area contributed by atoms with E-state index in [1.54, 1.807) is 36.5 Å². The Kier molecular flexibility index (Phi) is 8.72. The fourth-order valence-corrected chi connectivity index (χ4v) is 5.38. The molecule has 0 aliphatic heterocycles. The van der Waals surface area contributed by atoms with Crippen molar-refractivity contribution in [3.05, 3.63) is 105 Å². The molecule has 3 aromatic heterocycles. The van der Waals surface area contributed by atoms with E-state index in [2.05, 4.69) is 9.97 Å². The molecule has 2 aromatic carbocycles. The van der Waals surface area contributed by atoms with Crippen molar-refractivity contribution in [1.29, 1.82) is 0 Å². The lowest BCUT2D eigenvalue weighted by Gasteiger charge is -2.19. The SMILES string of the molecule is COc1nc(-c2cccc(-c3cccc(-c4ccn5c(=O)c(C=O)cnc5c4)c3Cl)c2Cl)ccc1CN(CCO)C(=O)O. The zero-order chi connectivity index (χ0) is 30.7. The molecule has 10 nitrogen and oxygen atoms in total. The van der Waals surface area contributed by atoms with Gasteiger partial charge in [0.05, 0.1) is 41.6 Å². The number of carboxylic acid groups (broad SMARTS) is 1. The van der Waals surface area contributed by atoms with Gasteiger partial charge in [0.25, 0.3) is 5.56 Å². The Morgan fingerprint density at radius 1 is 1.02 bits per heavy atom. The number of benzene rings is 2. The number of nitrogens with zero attached hydrogens (tertiary/aromatic N) is 4. The van der Waals surface area contributed by atoms with Crippen molar-refractivity contribution in [2.75, 3.05) is 20.3 Å². The third-order valence-electron chi connectivity index (χ3n) is 6.87. The highest BCUT2D eigenvalue weighted by Gasteiger charge is 2.19. The Balaban J connectivity index is 1.53. The second kappa shape index (κ2) is 12.6. The van der Waals surface area contributed by atoms with Crippen molar-refractivity contribution < 1.29 is 24.5 Å².